The van der Waals surface area contributed by atoms with Crippen molar-refractivity contribution < 1.29 is 0 Å². The van der Waals surface area contributed by atoms with Crippen LogP contribution in [-0.2, 0) is 20.0 Å². The Bertz CT molecular complexity index is 672. The highest BCUT2D eigenvalue weighted by atomic mass is 127. The van der Waals surface area contributed by atoms with Gasteiger partial charge in [-0.2, -0.15) is 0 Å². The maximum absolute atomic E-state index is 5.79. The zero-order chi connectivity index (χ0) is 16.8. The smallest absolute Gasteiger partial charge is 0.193 e. The standard InChI is InChI=1S/C16H21BrClN5.HI/c1-19-16(20-7-6-12-4-5-15(18)21-9-12)23(3)11-14-8-13(17)10-22(14)2;/h4-5,8-10H,6-7,11H2,1-3H3,(H,19,20);1H. The van der Waals surface area contributed by atoms with Gasteiger partial charge in [0.05, 0.1) is 6.54 Å². The van der Waals surface area contributed by atoms with Crippen LogP contribution in [0.1, 0.15) is 11.3 Å². The van der Waals surface area contributed by atoms with Gasteiger partial charge in [-0.05, 0) is 40.0 Å². The summed E-state index contributed by atoms with van der Waals surface area (Å²) in [6.07, 6.45) is 4.72. The van der Waals surface area contributed by atoms with E-state index in [1.807, 2.05) is 32.4 Å². The molecule has 2 heterocycles. The SMILES string of the molecule is CN=C(NCCc1ccc(Cl)nc1)N(C)Cc1cc(Br)cn1C.I. The van der Waals surface area contributed by atoms with Crippen molar-refractivity contribution in [2.45, 2.75) is 13.0 Å². The van der Waals surface area contributed by atoms with Gasteiger partial charge in [-0.25, -0.2) is 4.98 Å². The molecule has 0 saturated heterocycles. The third-order valence-electron chi connectivity index (χ3n) is 3.53. The topological polar surface area (TPSA) is 45.5 Å². The second-order valence-corrected chi connectivity index (χ2v) is 6.63. The zero-order valence-corrected chi connectivity index (χ0v) is 18.6. The molecule has 0 saturated carbocycles. The molecule has 24 heavy (non-hydrogen) atoms. The molecule has 132 valence electrons. The maximum atomic E-state index is 5.79. The van der Waals surface area contributed by atoms with Crippen LogP contribution in [0.15, 0.2) is 40.1 Å². The number of hydrogen-bond donors (Lipinski definition) is 1. The van der Waals surface area contributed by atoms with Crippen molar-refractivity contribution in [3.63, 3.8) is 0 Å². The lowest BCUT2D eigenvalue weighted by Crippen LogP contribution is -2.39. The Hall–Kier alpha value is -0.800. The molecule has 0 bridgehead atoms. The van der Waals surface area contributed by atoms with Crippen LogP contribution in [0.4, 0.5) is 0 Å². The van der Waals surface area contributed by atoms with Gasteiger partial charge >= 0.3 is 0 Å². The van der Waals surface area contributed by atoms with E-state index in [9.17, 15) is 0 Å². The molecule has 0 aromatic carbocycles. The third kappa shape index (κ3) is 6.25. The second kappa shape index (κ2) is 10.2. The summed E-state index contributed by atoms with van der Waals surface area (Å²) < 4.78 is 3.19. The first-order chi connectivity index (χ1) is 11.0. The van der Waals surface area contributed by atoms with Gasteiger partial charge in [0.2, 0.25) is 0 Å². The summed E-state index contributed by atoms with van der Waals surface area (Å²) in [5, 5.41) is 3.89. The largest absolute Gasteiger partial charge is 0.356 e. The van der Waals surface area contributed by atoms with E-state index in [0.29, 0.717) is 5.15 Å². The van der Waals surface area contributed by atoms with Crippen LogP contribution in [0.5, 0.6) is 0 Å². The molecule has 1 N–H and O–H groups in total. The Morgan fingerprint density at radius 1 is 1.46 bits per heavy atom. The number of aryl methyl sites for hydroxylation is 1. The first-order valence-corrected chi connectivity index (χ1v) is 8.49. The quantitative estimate of drug-likeness (QED) is 0.280. The first kappa shape index (κ1) is 21.2. The van der Waals surface area contributed by atoms with Gasteiger partial charge in [-0.3, -0.25) is 4.99 Å². The maximum Gasteiger partial charge on any atom is 0.193 e. The lowest BCUT2D eigenvalue weighted by atomic mass is 10.2. The average Bonchev–Trinajstić information content (AvgIpc) is 2.83. The highest BCUT2D eigenvalue weighted by Gasteiger charge is 2.09. The van der Waals surface area contributed by atoms with Crippen LogP contribution >= 0.6 is 51.5 Å². The molecule has 0 aliphatic rings. The van der Waals surface area contributed by atoms with E-state index < -0.39 is 0 Å². The van der Waals surface area contributed by atoms with Gasteiger partial charge in [0.1, 0.15) is 5.15 Å². The predicted molar refractivity (Wildman–Crippen MR) is 114 cm³/mol. The molecule has 0 atom stereocenters. The zero-order valence-electron chi connectivity index (χ0n) is 14.0. The number of nitrogens with zero attached hydrogens (tertiary/aromatic N) is 4. The minimum absolute atomic E-state index is 0. The van der Waals surface area contributed by atoms with Crippen LogP contribution in [0.25, 0.3) is 0 Å². The van der Waals surface area contributed by atoms with Crippen molar-refractivity contribution in [3.05, 3.63) is 51.5 Å². The van der Waals surface area contributed by atoms with Crippen molar-refractivity contribution in [2.24, 2.45) is 12.0 Å². The monoisotopic (exact) mass is 525 g/mol. The van der Waals surface area contributed by atoms with Crippen molar-refractivity contribution >= 4 is 57.5 Å². The Morgan fingerprint density at radius 3 is 2.75 bits per heavy atom. The van der Waals surface area contributed by atoms with E-state index in [1.54, 1.807) is 13.2 Å². The first-order valence-electron chi connectivity index (χ1n) is 7.32. The summed E-state index contributed by atoms with van der Waals surface area (Å²) in [5.74, 6) is 0.865. The predicted octanol–water partition coefficient (Wildman–Crippen LogP) is 3.70. The number of pyridine rings is 1. The normalized spacial score (nSPS) is 11.1. The van der Waals surface area contributed by atoms with Gasteiger partial charge in [0.15, 0.2) is 5.96 Å². The molecule has 2 aromatic heterocycles. The number of aliphatic imine (C=N–C) groups is 1. The van der Waals surface area contributed by atoms with Crippen LogP contribution in [0.3, 0.4) is 0 Å². The van der Waals surface area contributed by atoms with E-state index in [1.165, 1.54) is 5.69 Å². The molecule has 0 radical (unpaired) electrons. The van der Waals surface area contributed by atoms with Gasteiger partial charge < -0.3 is 14.8 Å². The number of rotatable bonds is 5. The summed E-state index contributed by atoms with van der Waals surface area (Å²) in [7, 11) is 5.86. The Labute approximate surface area is 173 Å². The molecular formula is C16H22BrClIN5. The Balaban J connectivity index is 0.00000288. The number of halogens is 3. The van der Waals surface area contributed by atoms with Gasteiger partial charge in [-0.15, -0.1) is 24.0 Å². The van der Waals surface area contributed by atoms with E-state index in [-0.39, 0.29) is 24.0 Å². The summed E-state index contributed by atoms with van der Waals surface area (Å²) in [5.41, 5.74) is 2.36. The van der Waals surface area contributed by atoms with E-state index >= 15 is 0 Å². The molecule has 5 nitrogen and oxygen atoms in total. The van der Waals surface area contributed by atoms with Crippen LogP contribution in [0.2, 0.25) is 5.15 Å². The van der Waals surface area contributed by atoms with Crippen LogP contribution < -0.4 is 5.32 Å². The highest BCUT2D eigenvalue weighted by molar-refractivity contribution is 14.0. The number of hydrogen-bond acceptors (Lipinski definition) is 2. The van der Waals surface area contributed by atoms with Crippen molar-refractivity contribution in [2.75, 3.05) is 20.6 Å². The number of aromatic nitrogens is 2. The fourth-order valence-corrected chi connectivity index (χ4v) is 2.98. The molecule has 2 rings (SSSR count). The molecule has 8 heteroatoms. The number of guanidine groups is 1. The molecule has 0 aliphatic heterocycles. The van der Waals surface area contributed by atoms with Crippen molar-refractivity contribution in [1.29, 1.82) is 0 Å². The van der Waals surface area contributed by atoms with Crippen molar-refractivity contribution in [1.82, 2.24) is 19.8 Å². The number of nitrogens with one attached hydrogen (secondary N) is 1. The molecule has 0 spiro atoms. The van der Waals surface area contributed by atoms with E-state index in [4.69, 9.17) is 11.6 Å². The third-order valence-corrected chi connectivity index (χ3v) is 4.19. The van der Waals surface area contributed by atoms with Crippen molar-refractivity contribution in [3.8, 4) is 0 Å². The van der Waals surface area contributed by atoms with Gasteiger partial charge in [0.25, 0.3) is 0 Å². The van der Waals surface area contributed by atoms with Crippen LogP contribution in [-0.4, -0.2) is 41.1 Å². The summed E-state index contributed by atoms with van der Waals surface area (Å²) >= 11 is 9.29. The lowest BCUT2D eigenvalue weighted by molar-refractivity contribution is 0.462. The fourth-order valence-electron chi connectivity index (χ4n) is 2.30. The molecule has 0 fully saturated rings. The summed E-state index contributed by atoms with van der Waals surface area (Å²) in [6, 6.07) is 5.92. The Kier molecular flexibility index (Phi) is 9.07. The van der Waals surface area contributed by atoms with Gasteiger partial charge in [0, 0.05) is 50.2 Å². The summed E-state index contributed by atoms with van der Waals surface area (Å²) in [4.78, 5) is 10.5. The minimum Gasteiger partial charge on any atom is -0.356 e. The minimum atomic E-state index is 0. The molecule has 0 amide bonds. The van der Waals surface area contributed by atoms with E-state index in [0.717, 1.165) is 35.5 Å². The molecule has 0 unspecified atom stereocenters. The fraction of sp³-hybridized carbons (Fsp3) is 0.375. The average molecular weight is 527 g/mol. The summed E-state index contributed by atoms with van der Waals surface area (Å²) in [6.45, 7) is 1.57. The molecule has 2 aromatic rings. The lowest BCUT2D eigenvalue weighted by Gasteiger charge is -2.22. The van der Waals surface area contributed by atoms with E-state index in [2.05, 4.69) is 46.8 Å². The Morgan fingerprint density at radius 2 is 2.21 bits per heavy atom. The van der Waals surface area contributed by atoms with Crippen LogP contribution in [0, 0.1) is 0 Å². The highest BCUT2D eigenvalue weighted by Crippen LogP contribution is 2.15. The van der Waals surface area contributed by atoms with Gasteiger partial charge in [-0.1, -0.05) is 17.7 Å². The second-order valence-electron chi connectivity index (χ2n) is 5.33. The molecular weight excluding hydrogens is 504 g/mol. The molecule has 0 aliphatic carbocycles.